The zero-order valence-electron chi connectivity index (χ0n) is 23.1. The Morgan fingerprint density at radius 2 is 1.74 bits per heavy atom. The molecule has 0 saturated heterocycles. The molecule has 5 rings (SSSR count). The summed E-state index contributed by atoms with van der Waals surface area (Å²) in [5.74, 6) is -0.665. The Morgan fingerprint density at radius 3 is 2.44 bits per heavy atom. The van der Waals surface area contributed by atoms with Gasteiger partial charge < -0.3 is 5.73 Å². The summed E-state index contributed by atoms with van der Waals surface area (Å²) in [7, 11) is 0. The molecule has 0 aromatic heterocycles. The fraction of sp³-hybridized carbons (Fsp3) is 0.250. The number of benzene rings is 3. The van der Waals surface area contributed by atoms with Gasteiger partial charge in [0, 0.05) is 38.4 Å². The number of nitrogens with zero attached hydrogens (tertiary/aromatic N) is 2. The van der Waals surface area contributed by atoms with Crippen LogP contribution >= 0.6 is 46.6 Å². The van der Waals surface area contributed by atoms with Gasteiger partial charge in [-0.3, -0.25) is 9.69 Å². The Bertz CT molecular complexity index is 1760. The Morgan fingerprint density at radius 1 is 1.05 bits per heavy atom. The topological polar surface area (TPSA) is 70.1 Å². The van der Waals surface area contributed by atoms with Gasteiger partial charge >= 0.3 is 6.18 Å². The second-order valence-corrected chi connectivity index (χ2v) is 12.8. The van der Waals surface area contributed by atoms with Crippen LogP contribution in [0.25, 0.3) is 0 Å². The smallest absolute Gasteiger partial charge is 0.384 e. The van der Waals surface area contributed by atoms with Crippen LogP contribution in [-0.4, -0.2) is 5.78 Å². The number of nitriles is 1. The molecule has 43 heavy (non-hydrogen) atoms. The number of nitrogens with two attached hydrogens (primary N) is 1. The summed E-state index contributed by atoms with van der Waals surface area (Å²) < 4.78 is 42.6. The number of anilines is 1. The lowest BCUT2D eigenvalue weighted by molar-refractivity contribution is -0.137. The molecule has 1 aliphatic heterocycles. The fourth-order valence-corrected chi connectivity index (χ4v) is 7.48. The van der Waals surface area contributed by atoms with Gasteiger partial charge in [0.2, 0.25) is 0 Å². The molecule has 1 heterocycles. The predicted molar refractivity (Wildman–Crippen MR) is 166 cm³/mol. The highest BCUT2D eigenvalue weighted by atomic mass is 35.5. The number of allylic oxidation sites excluding steroid dienone is 3. The Balaban J connectivity index is 1.68. The van der Waals surface area contributed by atoms with Crippen molar-refractivity contribution in [3.63, 3.8) is 0 Å². The average Bonchev–Trinajstić information content (AvgIpc) is 2.94. The van der Waals surface area contributed by atoms with Crippen molar-refractivity contribution in [2.75, 3.05) is 4.90 Å². The van der Waals surface area contributed by atoms with Crippen molar-refractivity contribution in [1.29, 1.82) is 5.26 Å². The van der Waals surface area contributed by atoms with Crippen LogP contribution < -0.4 is 10.6 Å². The minimum absolute atomic E-state index is 0.0160. The highest BCUT2D eigenvalue weighted by Crippen LogP contribution is 2.50. The van der Waals surface area contributed by atoms with Crippen LogP contribution in [0.1, 0.15) is 53.0 Å². The fourth-order valence-electron chi connectivity index (χ4n) is 5.76. The van der Waals surface area contributed by atoms with Crippen LogP contribution in [-0.2, 0) is 16.7 Å². The highest BCUT2D eigenvalue weighted by molar-refractivity contribution is 7.98. The summed E-state index contributed by atoms with van der Waals surface area (Å²) in [4.78, 5) is 15.7. The number of aryl methyl sites for hydroxylation is 1. The largest absolute Gasteiger partial charge is 0.418 e. The summed E-state index contributed by atoms with van der Waals surface area (Å²) in [5, 5.41) is 11.5. The molecule has 222 valence electrons. The minimum atomic E-state index is -4.75. The monoisotopic (exact) mass is 661 g/mol. The maximum absolute atomic E-state index is 14.2. The number of ketones is 1. The zero-order chi connectivity index (χ0) is 31.2. The maximum atomic E-state index is 14.2. The van der Waals surface area contributed by atoms with Crippen molar-refractivity contribution in [1.82, 2.24) is 0 Å². The van der Waals surface area contributed by atoms with Gasteiger partial charge in [0.15, 0.2) is 5.78 Å². The van der Waals surface area contributed by atoms with Crippen LogP contribution in [0.15, 0.2) is 76.1 Å². The first-order chi connectivity index (χ1) is 20.3. The van der Waals surface area contributed by atoms with Crippen LogP contribution in [0.4, 0.5) is 18.9 Å². The summed E-state index contributed by atoms with van der Waals surface area (Å²) in [5.41, 5.74) is 9.40. The van der Waals surface area contributed by atoms with E-state index < -0.39 is 17.7 Å². The molecular formula is C32H25Cl3F3N3OS. The molecule has 0 saturated carbocycles. The number of rotatable bonds is 5. The normalized spacial score (nSPS) is 17.3. The van der Waals surface area contributed by atoms with Gasteiger partial charge in [-0.05, 0) is 79.8 Å². The lowest BCUT2D eigenvalue weighted by Gasteiger charge is -2.41. The third-order valence-electron chi connectivity index (χ3n) is 7.71. The molecule has 2 N–H and O–H groups in total. The van der Waals surface area contributed by atoms with Crippen LogP contribution in [0.5, 0.6) is 0 Å². The first kappa shape index (κ1) is 31.3. The molecule has 0 bridgehead atoms. The Labute approximate surface area is 266 Å². The molecule has 1 aliphatic carbocycles. The zero-order valence-corrected chi connectivity index (χ0v) is 26.2. The minimum Gasteiger partial charge on any atom is -0.384 e. The van der Waals surface area contributed by atoms with Crippen molar-refractivity contribution >= 4 is 58.0 Å². The second-order valence-electron chi connectivity index (χ2n) is 10.5. The summed E-state index contributed by atoms with van der Waals surface area (Å²) >= 11 is 20.0. The summed E-state index contributed by atoms with van der Waals surface area (Å²) in [6.07, 6.45) is -3.78. The molecule has 0 spiro atoms. The van der Waals surface area contributed by atoms with E-state index in [1.165, 1.54) is 28.8 Å². The van der Waals surface area contributed by atoms with Gasteiger partial charge in [-0.15, -0.1) is 11.8 Å². The number of carbonyl (C=O) groups excluding carboxylic acids is 1. The second kappa shape index (κ2) is 12.1. The van der Waals surface area contributed by atoms with E-state index in [4.69, 9.17) is 40.5 Å². The van der Waals surface area contributed by atoms with E-state index in [9.17, 15) is 23.2 Å². The molecule has 3 aromatic rings. The third kappa shape index (κ3) is 6.01. The van der Waals surface area contributed by atoms with Crippen molar-refractivity contribution < 1.29 is 18.0 Å². The molecular weight excluding hydrogens is 638 g/mol. The summed E-state index contributed by atoms with van der Waals surface area (Å²) in [6, 6.07) is 14.7. The van der Waals surface area contributed by atoms with Gasteiger partial charge in [0.1, 0.15) is 5.82 Å². The van der Waals surface area contributed by atoms with E-state index in [0.29, 0.717) is 45.5 Å². The summed E-state index contributed by atoms with van der Waals surface area (Å²) in [6.45, 7) is 3.83. The van der Waals surface area contributed by atoms with Gasteiger partial charge in [-0.1, -0.05) is 52.5 Å². The van der Waals surface area contributed by atoms with Crippen molar-refractivity contribution in [2.24, 2.45) is 5.73 Å². The maximum Gasteiger partial charge on any atom is 0.418 e. The van der Waals surface area contributed by atoms with E-state index in [2.05, 4.69) is 6.07 Å². The lowest BCUT2D eigenvalue weighted by atomic mass is 9.73. The van der Waals surface area contributed by atoms with Gasteiger partial charge in [-0.2, -0.15) is 18.4 Å². The molecule has 2 aliphatic rings. The number of hydrogen-bond acceptors (Lipinski definition) is 5. The van der Waals surface area contributed by atoms with Crippen molar-refractivity contribution in [3.8, 4) is 6.07 Å². The standard InChI is InChI=1S/C32H25Cl3F3N3OS/c1-16-10-18(15-43-28-13-20(34)6-8-24(28)35)17(2)21(11-16)29-22(14-39)31(40)41(26-4-3-5-27(42)30(26)29)25-9-7-19(33)12-23(25)32(36,37)38/h6-13,29H,3-5,15,40H2,1-2H3. The van der Waals surface area contributed by atoms with E-state index in [-0.39, 0.29) is 34.3 Å². The van der Waals surface area contributed by atoms with Crippen molar-refractivity contribution in [2.45, 2.75) is 55.9 Å². The number of alkyl halides is 3. The lowest BCUT2D eigenvalue weighted by Crippen LogP contribution is -2.39. The van der Waals surface area contributed by atoms with Crippen LogP contribution in [0, 0.1) is 25.2 Å². The molecule has 11 heteroatoms. The first-order valence-electron chi connectivity index (χ1n) is 13.3. The molecule has 0 fully saturated rings. The first-order valence-corrected chi connectivity index (χ1v) is 15.4. The number of carbonyl (C=O) groups is 1. The van der Waals surface area contributed by atoms with Crippen LogP contribution in [0.2, 0.25) is 15.1 Å². The Kier molecular flexibility index (Phi) is 8.84. The van der Waals surface area contributed by atoms with E-state index in [1.807, 2.05) is 26.0 Å². The third-order valence-corrected chi connectivity index (χ3v) is 9.72. The molecule has 4 nitrogen and oxygen atoms in total. The van der Waals surface area contributed by atoms with E-state index in [1.54, 1.807) is 18.2 Å². The molecule has 0 amide bonds. The number of halogens is 6. The van der Waals surface area contributed by atoms with E-state index >= 15 is 0 Å². The molecule has 0 radical (unpaired) electrons. The highest BCUT2D eigenvalue weighted by Gasteiger charge is 2.44. The average molecular weight is 663 g/mol. The number of Topliss-reactive ketones (excluding diaryl/α,β-unsaturated/α-hetero) is 1. The SMILES string of the molecule is Cc1cc(CSc2cc(Cl)ccc2Cl)c(C)c(C2C(C#N)=C(N)N(c3ccc(Cl)cc3C(F)(F)F)C3=C2C(=O)CCC3)c1. The van der Waals surface area contributed by atoms with Crippen molar-refractivity contribution in [3.05, 3.63) is 114 Å². The van der Waals surface area contributed by atoms with Crippen LogP contribution in [0.3, 0.4) is 0 Å². The Hall–Kier alpha value is -3.09. The number of thioether (sulfide) groups is 1. The predicted octanol–water partition coefficient (Wildman–Crippen LogP) is 9.88. The molecule has 1 atom stereocenters. The van der Waals surface area contributed by atoms with Gasteiger partial charge in [-0.25, -0.2) is 0 Å². The van der Waals surface area contributed by atoms with E-state index in [0.717, 1.165) is 27.7 Å². The number of hydrogen-bond donors (Lipinski definition) is 1. The molecule has 1 unspecified atom stereocenters. The molecule has 3 aromatic carbocycles. The quantitative estimate of drug-likeness (QED) is 0.276. The van der Waals surface area contributed by atoms with Gasteiger partial charge in [0.05, 0.1) is 33.8 Å². The van der Waals surface area contributed by atoms with Gasteiger partial charge in [0.25, 0.3) is 0 Å².